The Kier molecular flexibility index (Phi) is 2.67. The predicted molar refractivity (Wildman–Crippen MR) is 53.1 cm³/mol. The van der Waals surface area contributed by atoms with Crippen molar-refractivity contribution in [3.63, 3.8) is 0 Å². The van der Waals surface area contributed by atoms with E-state index in [4.69, 9.17) is 0 Å². The molecule has 0 fully saturated rings. The molecule has 0 amide bonds. The van der Waals surface area contributed by atoms with Gasteiger partial charge in [-0.3, -0.25) is 0 Å². The van der Waals surface area contributed by atoms with Gasteiger partial charge in [-0.05, 0) is 39.7 Å². The van der Waals surface area contributed by atoms with Gasteiger partial charge in [-0.15, -0.1) is 0 Å². The Hall–Kier alpha value is -1.36. The summed E-state index contributed by atoms with van der Waals surface area (Å²) in [7, 11) is 0. The molecule has 0 atom stereocenters. The average Bonchev–Trinajstić information content (AvgIpc) is 2.00. The van der Waals surface area contributed by atoms with Crippen LogP contribution < -0.4 is 0 Å². The number of aromatic nitrogens is 2. The summed E-state index contributed by atoms with van der Waals surface area (Å²) in [5.74, 6) is 6.65. The van der Waals surface area contributed by atoms with E-state index in [1.165, 1.54) is 0 Å². The Morgan fingerprint density at radius 3 is 2.54 bits per heavy atom. The molecule has 0 saturated heterocycles. The molecule has 0 aliphatic carbocycles. The van der Waals surface area contributed by atoms with Gasteiger partial charge in [0.05, 0.1) is 0 Å². The topological polar surface area (TPSA) is 25.8 Å². The van der Waals surface area contributed by atoms with Crippen LogP contribution >= 0.6 is 0 Å². The van der Waals surface area contributed by atoms with Crippen molar-refractivity contribution in [3.05, 3.63) is 23.8 Å². The number of hydrogen-bond donors (Lipinski definition) is 0. The molecule has 1 aromatic heterocycles. The van der Waals surface area contributed by atoms with Gasteiger partial charge in [-0.1, -0.05) is 5.92 Å². The van der Waals surface area contributed by atoms with Crippen molar-refractivity contribution in [2.45, 2.75) is 27.7 Å². The third-order valence-corrected chi connectivity index (χ3v) is 1.34. The first-order valence-electron chi connectivity index (χ1n) is 4.30. The fourth-order valence-electron chi connectivity index (χ4n) is 0.753. The number of rotatable bonds is 0. The van der Waals surface area contributed by atoms with Crippen molar-refractivity contribution in [3.8, 4) is 11.8 Å². The first-order chi connectivity index (χ1) is 5.97. The van der Waals surface area contributed by atoms with Crippen LogP contribution in [-0.4, -0.2) is 9.97 Å². The maximum absolute atomic E-state index is 4.19. The Morgan fingerprint density at radius 1 is 1.31 bits per heavy atom. The monoisotopic (exact) mass is 174 g/mol. The number of nitrogens with zero attached hydrogens (tertiary/aromatic N) is 2. The zero-order chi connectivity index (χ0) is 9.90. The van der Waals surface area contributed by atoms with Crippen LogP contribution in [0.4, 0.5) is 0 Å². The van der Waals surface area contributed by atoms with Crippen LogP contribution in [0.1, 0.15) is 32.3 Å². The first kappa shape index (κ1) is 9.73. The summed E-state index contributed by atoms with van der Waals surface area (Å²) in [4.78, 5) is 8.25. The van der Waals surface area contributed by atoms with Gasteiger partial charge >= 0.3 is 0 Å². The van der Waals surface area contributed by atoms with Gasteiger partial charge in [0.25, 0.3) is 0 Å². The van der Waals surface area contributed by atoms with E-state index in [1.807, 2.05) is 13.0 Å². The summed E-state index contributed by atoms with van der Waals surface area (Å²) in [6, 6.07) is 1.86. The SMILES string of the molecule is Cc1ccnc(C#CC(C)(C)C)n1. The van der Waals surface area contributed by atoms with Crippen molar-refractivity contribution in [1.29, 1.82) is 0 Å². The van der Waals surface area contributed by atoms with Crippen molar-refractivity contribution in [2.75, 3.05) is 0 Å². The normalized spacial score (nSPS) is 10.5. The minimum Gasteiger partial charge on any atom is -0.229 e. The molecule has 0 radical (unpaired) electrons. The van der Waals surface area contributed by atoms with E-state index in [0.29, 0.717) is 5.82 Å². The van der Waals surface area contributed by atoms with E-state index in [1.54, 1.807) is 6.20 Å². The molecular formula is C11H14N2. The Balaban J connectivity index is 2.90. The summed E-state index contributed by atoms with van der Waals surface area (Å²) >= 11 is 0. The fraction of sp³-hybridized carbons (Fsp3) is 0.455. The van der Waals surface area contributed by atoms with Crippen molar-refractivity contribution in [1.82, 2.24) is 9.97 Å². The van der Waals surface area contributed by atoms with E-state index in [9.17, 15) is 0 Å². The molecule has 0 spiro atoms. The van der Waals surface area contributed by atoms with Crippen molar-refractivity contribution >= 4 is 0 Å². The quantitative estimate of drug-likeness (QED) is 0.563. The molecule has 0 unspecified atom stereocenters. The predicted octanol–water partition coefficient (Wildman–Crippen LogP) is 2.18. The number of hydrogen-bond acceptors (Lipinski definition) is 2. The maximum Gasteiger partial charge on any atom is 0.205 e. The molecule has 2 nitrogen and oxygen atoms in total. The van der Waals surface area contributed by atoms with Gasteiger partial charge in [0.15, 0.2) is 0 Å². The van der Waals surface area contributed by atoms with E-state index < -0.39 is 0 Å². The highest BCUT2D eigenvalue weighted by molar-refractivity contribution is 5.23. The molecular weight excluding hydrogens is 160 g/mol. The van der Waals surface area contributed by atoms with Crippen LogP contribution in [0.2, 0.25) is 0 Å². The van der Waals surface area contributed by atoms with Crippen LogP contribution in [0.5, 0.6) is 0 Å². The van der Waals surface area contributed by atoms with Gasteiger partial charge in [-0.2, -0.15) is 0 Å². The summed E-state index contributed by atoms with van der Waals surface area (Å²) < 4.78 is 0. The molecule has 0 aromatic carbocycles. The second-order valence-corrected chi connectivity index (χ2v) is 4.02. The van der Waals surface area contributed by atoms with Gasteiger partial charge < -0.3 is 0 Å². The standard InChI is InChI=1S/C11H14N2/c1-9-6-8-12-10(13-9)5-7-11(2,3)4/h6,8H,1-4H3. The molecule has 0 aliphatic heterocycles. The lowest BCUT2D eigenvalue weighted by Crippen LogP contribution is -2.00. The molecule has 0 N–H and O–H groups in total. The number of aryl methyl sites for hydroxylation is 1. The Labute approximate surface area is 79.4 Å². The molecule has 1 aromatic rings. The Morgan fingerprint density at radius 2 is 2.00 bits per heavy atom. The fourth-order valence-corrected chi connectivity index (χ4v) is 0.753. The van der Waals surface area contributed by atoms with E-state index >= 15 is 0 Å². The largest absolute Gasteiger partial charge is 0.229 e. The lowest BCUT2D eigenvalue weighted by Gasteiger charge is -2.06. The second kappa shape index (κ2) is 3.57. The average molecular weight is 174 g/mol. The van der Waals surface area contributed by atoms with E-state index in [2.05, 4.69) is 42.6 Å². The van der Waals surface area contributed by atoms with Crippen LogP contribution in [0.25, 0.3) is 0 Å². The summed E-state index contributed by atoms with van der Waals surface area (Å²) in [6.07, 6.45) is 1.73. The van der Waals surface area contributed by atoms with Crippen LogP contribution in [0.15, 0.2) is 12.3 Å². The zero-order valence-corrected chi connectivity index (χ0v) is 8.55. The molecule has 0 aliphatic rings. The summed E-state index contributed by atoms with van der Waals surface area (Å²) in [6.45, 7) is 8.13. The van der Waals surface area contributed by atoms with E-state index in [-0.39, 0.29) is 5.41 Å². The van der Waals surface area contributed by atoms with Gasteiger partial charge in [0.1, 0.15) is 0 Å². The molecule has 0 bridgehead atoms. The van der Waals surface area contributed by atoms with Crippen molar-refractivity contribution < 1.29 is 0 Å². The molecule has 13 heavy (non-hydrogen) atoms. The highest BCUT2D eigenvalue weighted by Crippen LogP contribution is 2.09. The van der Waals surface area contributed by atoms with Crippen LogP contribution in [0.3, 0.4) is 0 Å². The smallest absolute Gasteiger partial charge is 0.205 e. The van der Waals surface area contributed by atoms with Crippen LogP contribution in [0, 0.1) is 24.2 Å². The molecule has 1 heterocycles. The maximum atomic E-state index is 4.19. The van der Waals surface area contributed by atoms with Gasteiger partial charge in [-0.25, -0.2) is 9.97 Å². The molecule has 68 valence electrons. The van der Waals surface area contributed by atoms with Gasteiger partial charge in [0.2, 0.25) is 5.82 Å². The third-order valence-electron chi connectivity index (χ3n) is 1.34. The zero-order valence-electron chi connectivity index (χ0n) is 8.55. The lowest BCUT2D eigenvalue weighted by molar-refractivity contribution is 0.570. The Bertz CT molecular complexity index is 350. The van der Waals surface area contributed by atoms with E-state index in [0.717, 1.165) is 5.69 Å². The van der Waals surface area contributed by atoms with Gasteiger partial charge in [0, 0.05) is 17.3 Å². The lowest BCUT2D eigenvalue weighted by atomic mass is 9.98. The second-order valence-electron chi connectivity index (χ2n) is 4.02. The molecule has 1 rings (SSSR count). The molecule has 2 heteroatoms. The summed E-state index contributed by atoms with van der Waals surface area (Å²) in [5, 5.41) is 0. The minimum absolute atomic E-state index is 0.00705. The summed E-state index contributed by atoms with van der Waals surface area (Å²) in [5.41, 5.74) is 0.959. The van der Waals surface area contributed by atoms with Crippen molar-refractivity contribution in [2.24, 2.45) is 5.41 Å². The third kappa shape index (κ3) is 3.71. The highest BCUT2D eigenvalue weighted by atomic mass is 14.9. The van der Waals surface area contributed by atoms with Crippen LogP contribution in [-0.2, 0) is 0 Å². The molecule has 0 saturated carbocycles. The first-order valence-corrected chi connectivity index (χ1v) is 4.30. The highest BCUT2D eigenvalue weighted by Gasteiger charge is 2.03. The minimum atomic E-state index is 0.00705.